The van der Waals surface area contributed by atoms with Gasteiger partial charge in [-0.15, -0.1) is 0 Å². The van der Waals surface area contributed by atoms with Crippen molar-refractivity contribution in [3.8, 4) is 5.75 Å². The van der Waals surface area contributed by atoms with Crippen LogP contribution in [0.4, 0.5) is 16.2 Å². The molecule has 8 nitrogen and oxygen atoms in total. The van der Waals surface area contributed by atoms with Gasteiger partial charge in [-0.1, -0.05) is 23.7 Å². The van der Waals surface area contributed by atoms with Crippen LogP contribution in [0.1, 0.15) is 6.42 Å². The summed E-state index contributed by atoms with van der Waals surface area (Å²) in [5, 5.41) is 13.5. The molecule has 9 heteroatoms. The molecule has 2 atom stereocenters. The molecule has 32 heavy (non-hydrogen) atoms. The number of rotatable bonds is 4. The summed E-state index contributed by atoms with van der Waals surface area (Å²) in [6.45, 7) is 2.53. The third-order valence-corrected chi connectivity index (χ3v) is 6.19. The molecule has 4 rings (SSSR count). The van der Waals surface area contributed by atoms with E-state index in [-0.39, 0.29) is 18.9 Å². The average Bonchev–Trinajstić information content (AvgIpc) is 3.22. The third kappa shape index (κ3) is 4.76. The number of halogens is 1. The number of hydrogen-bond acceptors (Lipinski definition) is 5. The molecule has 0 bridgehead atoms. The van der Waals surface area contributed by atoms with Crippen molar-refractivity contribution in [1.29, 1.82) is 0 Å². The lowest BCUT2D eigenvalue weighted by Gasteiger charge is -2.38. The smallest absolute Gasteiger partial charge is 0.322 e. The summed E-state index contributed by atoms with van der Waals surface area (Å²) in [6.07, 6.45) is -0.491. The Kier molecular flexibility index (Phi) is 6.72. The summed E-state index contributed by atoms with van der Waals surface area (Å²) < 4.78 is 5.45. The van der Waals surface area contributed by atoms with Gasteiger partial charge in [0.05, 0.1) is 18.9 Å². The van der Waals surface area contributed by atoms with Gasteiger partial charge in [0.1, 0.15) is 11.8 Å². The van der Waals surface area contributed by atoms with Crippen LogP contribution in [0.3, 0.4) is 0 Å². The standard InChI is InChI=1S/C23H27ClN4O4/c1-32-21-5-3-2-4-19(21)26-10-12-27(13-11-26)22(30)20-14-18(29)15-28(20)23(31)25-17-8-6-16(24)7-9-17/h2-9,18,20,29H,10-15H2,1H3,(H,25,31)/t18-,20-/m1/s1. The normalized spacial score (nSPS) is 20.9. The first-order chi connectivity index (χ1) is 15.5. The largest absolute Gasteiger partial charge is 0.495 e. The molecular weight excluding hydrogens is 432 g/mol. The molecule has 2 aliphatic rings. The molecule has 0 aromatic heterocycles. The van der Waals surface area contributed by atoms with Crippen molar-refractivity contribution < 1.29 is 19.4 Å². The quantitative estimate of drug-likeness (QED) is 0.735. The Balaban J connectivity index is 1.39. The first-order valence-electron chi connectivity index (χ1n) is 10.6. The molecule has 2 fully saturated rings. The fourth-order valence-electron chi connectivity index (χ4n) is 4.27. The highest BCUT2D eigenvalue weighted by Crippen LogP contribution is 2.29. The van der Waals surface area contributed by atoms with Crippen LogP contribution in [0.5, 0.6) is 5.75 Å². The summed E-state index contributed by atoms with van der Waals surface area (Å²) >= 11 is 5.89. The maximum Gasteiger partial charge on any atom is 0.322 e. The molecule has 0 radical (unpaired) electrons. The highest BCUT2D eigenvalue weighted by molar-refractivity contribution is 6.30. The van der Waals surface area contributed by atoms with Crippen molar-refractivity contribution in [3.63, 3.8) is 0 Å². The lowest BCUT2D eigenvalue weighted by Crippen LogP contribution is -2.55. The number of nitrogens with zero attached hydrogens (tertiary/aromatic N) is 3. The van der Waals surface area contributed by atoms with Gasteiger partial charge in [-0.05, 0) is 36.4 Å². The summed E-state index contributed by atoms with van der Waals surface area (Å²) in [5.41, 5.74) is 1.58. The summed E-state index contributed by atoms with van der Waals surface area (Å²) in [7, 11) is 1.65. The fraction of sp³-hybridized carbons (Fsp3) is 0.391. The maximum absolute atomic E-state index is 13.3. The number of methoxy groups -OCH3 is 1. The van der Waals surface area contributed by atoms with E-state index in [4.69, 9.17) is 16.3 Å². The number of benzene rings is 2. The number of piperazine rings is 1. The van der Waals surface area contributed by atoms with E-state index in [2.05, 4.69) is 10.2 Å². The highest BCUT2D eigenvalue weighted by Gasteiger charge is 2.41. The molecule has 0 unspecified atom stereocenters. The Bertz CT molecular complexity index is 963. The number of β-amino-alcohol motifs (C(OH)–C–C–N with tert-alkyl or cyclic N) is 1. The van der Waals surface area contributed by atoms with Crippen LogP contribution in [0, 0.1) is 0 Å². The first kappa shape index (κ1) is 22.2. The molecule has 2 aromatic carbocycles. The van der Waals surface area contributed by atoms with Gasteiger partial charge < -0.3 is 29.9 Å². The lowest BCUT2D eigenvalue weighted by atomic mass is 10.1. The van der Waals surface area contributed by atoms with E-state index < -0.39 is 18.2 Å². The van der Waals surface area contributed by atoms with E-state index in [1.54, 1.807) is 36.3 Å². The molecule has 3 amide bonds. The molecule has 2 aliphatic heterocycles. The van der Waals surface area contributed by atoms with Gasteiger partial charge in [0, 0.05) is 49.9 Å². The number of likely N-dealkylation sites (tertiary alicyclic amines) is 1. The molecule has 2 aromatic rings. The van der Waals surface area contributed by atoms with Crippen LogP contribution in [0.25, 0.3) is 0 Å². The van der Waals surface area contributed by atoms with E-state index in [1.165, 1.54) is 4.90 Å². The van der Waals surface area contributed by atoms with Crippen molar-refractivity contribution in [2.45, 2.75) is 18.6 Å². The van der Waals surface area contributed by atoms with Crippen molar-refractivity contribution in [2.24, 2.45) is 0 Å². The van der Waals surface area contributed by atoms with Crippen molar-refractivity contribution in [1.82, 2.24) is 9.80 Å². The van der Waals surface area contributed by atoms with Crippen molar-refractivity contribution >= 4 is 34.9 Å². The maximum atomic E-state index is 13.3. The number of para-hydroxylation sites is 2. The number of aliphatic hydroxyl groups excluding tert-OH is 1. The molecule has 0 saturated carbocycles. The van der Waals surface area contributed by atoms with Crippen molar-refractivity contribution in [3.05, 3.63) is 53.6 Å². The van der Waals surface area contributed by atoms with Gasteiger partial charge in [-0.3, -0.25) is 4.79 Å². The molecule has 0 aliphatic carbocycles. The average molecular weight is 459 g/mol. The van der Waals surface area contributed by atoms with Gasteiger partial charge in [-0.25, -0.2) is 4.79 Å². The Morgan fingerprint density at radius 1 is 1.06 bits per heavy atom. The lowest BCUT2D eigenvalue weighted by molar-refractivity contribution is -0.135. The number of nitrogens with one attached hydrogen (secondary N) is 1. The number of ether oxygens (including phenoxy) is 1. The summed E-state index contributed by atoms with van der Waals surface area (Å²) in [4.78, 5) is 31.5. The topological polar surface area (TPSA) is 85.4 Å². The minimum atomic E-state index is -0.727. The highest BCUT2D eigenvalue weighted by atomic mass is 35.5. The van der Waals surface area contributed by atoms with E-state index in [0.29, 0.717) is 36.9 Å². The molecule has 2 N–H and O–H groups in total. The molecule has 2 heterocycles. The number of aliphatic hydroxyl groups is 1. The zero-order chi connectivity index (χ0) is 22.7. The van der Waals surface area contributed by atoms with Crippen LogP contribution in [0.2, 0.25) is 5.02 Å². The van der Waals surface area contributed by atoms with E-state index in [9.17, 15) is 14.7 Å². The number of carbonyl (C=O) groups excluding carboxylic acids is 2. The van der Waals surface area contributed by atoms with E-state index in [1.807, 2.05) is 24.3 Å². The fourth-order valence-corrected chi connectivity index (χ4v) is 4.40. The third-order valence-electron chi connectivity index (χ3n) is 5.94. The van der Waals surface area contributed by atoms with Crippen LogP contribution in [0.15, 0.2) is 48.5 Å². The van der Waals surface area contributed by atoms with Gasteiger partial charge >= 0.3 is 6.03 Å². The van der Waals surface area contributed by atoms with Crippen LogP contribution in [-0.2, 0) is 4.79 Å². The zero-order valence-corrected chi connectivity index (χ0v) is 18.7. The summed E-state index contributed by atoms with van der Waals surface area (Å²) in [6, 6.07) is 13.5. The Labute approximate surface area is 192 Å². The number of carbonyl (C=O) groups is 2. The van der Waals surface area contributed by atoms with Gasteiger partial charge in [0.25, 0.3) is 0 Å². The van der Waals surface area contributed by atoms with E-state index >= 15 is 0 Å². The summed E-state index contributed by atoms with van der Waals surface area (Å²) in [5.74, 6) is 0.670. The van der Waals surface area contributed by atoms with Crippen LogP contribution >= 0.6 is 11.6 Å². The van der Waals surface area contributed by atoms with E-state index in [0.717, 1.165) is 11.4 Å². The number of anilines is 2. The monoisotopic (exact) mass is 458 g/mol. The second-order valence-electron chi connectivity index (χ2n) is 7.98. The Hall–Kier alpha value is -2.97. The number of amides is 3. The predicted octanol–water partition coefficient (Wildman–Crippen LogP) is 2.66. The minimum Gasteiger partial charge on any atom is -0.495 e. The molecule has 170 valence electrons. The SMILES string of the molecule is COc1ccccc1N1CCN(C(=O)[C@H]2C[C@@H](O)CN2C(=O)Nc2ccc(Cl)cc2)CC1. The van der Waals surface area contributed by atoms with Crippen molar-refractivity contribution in [2.75, 3.05) is 50.1 Å². The number of urea groups is 1. The zero-order valence-electron chi connectivity index (χ0n) is 17.9. The Morgan fingerprint density at radius 2 is 1.75 bits per heavy atom. The van der Waals surface area contributed by atoms with Gasteiger partial charge in [-0.2, -0.15) is 0 Å². The number of hydrogen-bond donors (Lipinski definition) is 2. The minimum absolute atomic E-state index is 0.122. The molecular formula is C23H27ClN4O4. The van der Waals surface area contributed by atoms with Gasteiger partial charge in [0.2, 0.25) is 5.91 Å². The second kappa shape index (κ2) is 9.67. The molecule has 2 saturated heterocycles. The molecule has 0 spiro atoms. The van der Waals surface area contributed by atoms with Crippen LogP contribution < -0.4 is 15.0 Å². The first-order valence-corrected chi connectivity index (χ1v) is 11.0. The van der Waals surface area contributed by atoms with Gasteiger partial charge in [0.15, 0.2) is 0 Å². The second-order valence-corrected chi connectivity index (χ2v) is 8.42. The van der Waals surface area contributed by atoms with Crippen LogP contribution in [-0.4, -0.2) is 78.8 Å². The Morgan fingerprint density at radius 3 is 2.44 bits per heavy atom. The predicted molar refractivity (Wildman–Crippen MR) is 123 cm³/mol.